The Labute approximate surface area is 127 Å². The van der Waals surface area contributed by atoms with Crippen molar-refractivity contribution in [1.29, 1.82) is 0 Å². The molecule has 0 radical (unpaired) electrons. The van der Waals surface area contributed by atoms with Crippen LogP contribution in [0, 0.1) is 0 Å². The molecule has 0 heterocycles. The minimum atomic E-state index is -0.288. The summed E-state index contributed by atoms with van der Waals surface area (Å²) in [6.07, 6.45) is 0. The highest BCUT2D eigenvalue weighted by Crippen LogP contribution is 2.27. The van der Waals surface area contributed by atoms with Crippen LogP contribution < -0.4 is 20.5 Å². The third kappa shape index (κ3) is 3.38. The maximum atomic E-state index is 12.1. The summed E-state index contributed by atoms with van der Waals surface area (Å²) in [5, 5.41) is 3.12. The number of amides is 1. The lowest BCUT2D eigenvalue weighted by Gasteiger charge is -2.10. The minimum absolute atomic E-state index is 0.288. The fourth-order valence-corrected chi connectivity index (χ4v) is 2.08. The number of anilines is 2. The summed E-state index contributed by atoms with van der Waals surface area (Å²) in [6, 6.07) is 9.83. The van der Waals surface area contributed by atoms with Gasteiger partial charge in [-0.05, 0) is 36.4 Å². The molecule has 0 atom stereocenters. The summed E-state index contributed by atoms with van der Waals surface area (Å²) >= 11 is 6.00. The molecule has 5 nitrogen and oxygen atoms in total. The SMILES string of the molecule is COc1ccc(NC(=O)c2ccc(OC)c(Cl)c2)cc1N. The first-order valence-corrected chi connectivity index (χ1v) is 6.51. The third-order valence-corrected chi connectivity index (χ3v) is 3.20. The van der Waals surface area contributed by atoms with Crippen LogP contribution in [0.1, 0.15) is 10.4 Å². The van der Waals surface area contributed by atoms with Crippen molar-refractivity contribution < 1.29 is 14.3 Å². The molecular weight excluding hydrogens is 292 g/mol. The Morgan fingerprint density at radius 1 is 1.10 bits per heavy atom. The molecule has 0 aliphatic rings. The molecule has 0 fully saturated rings. The van der Waals surface area contributed by atoms with Gasteiger partial charge >= 0.3 is 0 Å². The van der Waals surface area contributed by atoms with E-state index >= 15 is 0 Å². The summed E-state index contributed by atoms with van der Waals surface area (Å²) < 4.78 is 10.1. The number of hydrogen-bond donors (Lipinski definition) is 2. The van der Waals surface area contributed by atoms with Gasteiger partial charge in [0.2, 0.25) is 0 Å². The largest absolute Gasteiger partial charge is 0.495 e. The van der Waals surface area contributed by atoms with E-state index in [1.165, 1.54) is 14.2 Å². The van der Waals surface area contributed by atoms with Crippen molar-refractivity contribution in [2.24, 2.45) is 0 Å². The second-order valence-corrected chi connectivity index (χ2v) is 4.67. The van der Waals surface area contributed by atoms with Gasteiger partial charge in [-0.3, -0.25) is 4.79 Å². The summed E-state index contributed by atoms with van der Waals surface area (Å²) in [4.78, 5) is 12.1. The lowest BCUT2D eigenvalue weighted by molar-refractivity contribution is 0.102. The number of carbonyl (C=O) groups is 1. The lowest BCUT2D eigenvalue weighted by atomic mass is 10.2. The Balaban J connectivity index is 2.18. The number of benzene rings is 2. The maximum Gasteiger partial charge on any atom is 0.255 e. The number of ether oxygens (including phenoxy) is 2. The van der Waals surface area contributed by atoms with Gasteiger partial charge in [0.05, 0.1) is 24.9 Å². The van der Waals surface area contributed by atoms with E-state index < -0.39 is 0 Å². The van der Waals surface area contributed by atoms with Crippen molar-refractivity contribution >= 4 is 28.9 Å². The topological polar surface area (TPSA) is 73.6 Å². The molecule has 6 heteroatoms. The Morgan fingerprint density at radius 2 is 1.76 bits per heavy atom. The minimum Gasteiger partial charge on any atom is -0.495 e. The van der Waals surface area contributed by atoms with Crippen LogP contribution in [0.15, 0.2) is 36.4 Å². The summed E-state index contributed by atoms with van der Waals surface area (Å²) in [6.45, 7) is 0. The van der Waals surface area contributed by atoms with Crippen molar-refractivity contribution in [1.82, 2.24) is 0 Å². The number of nitrogens with one attached hydrogen (secondary N) is 1. The van der Waals surface area contributed by atoms with E-state index in [1.807, 2.05) is 0 Å². The molecule has 0 saturated heterocycles. The molecule has 21 heavy (non-hydrogen) atoms. The van der Waals surface area contributed by atoms with Crippen LogP contribution in [-0.2, 0) is 0 Å². The zero-order chi connectivity index (χ0) is 15.4. The highest BCUT2D eigenvalue weighted by molar-refractivity contribution is 6.32. The number of methoxy groups -OCH3 is 2. The van der Waals surface area contributed by atoms with Gasteiger partial charge in [0.25, 0.3) is 5.91 Å². The first kappa shape index (κ1) is 15.0. The maximum absolute atomic E-state index is 12.1. The monoisotopic (exact) mass is 306 g/mol. The molecule has 0 aliphatic heterocycles. The molecule has 0 unspecified atom stereocenters. The van der Waals surface area contributed by atoms with Gasteiger partial charge in [-0.1, -0.05) is 11.6 Å². The van der Waals surface area contributed by atoms with Crippen LogP contribution in [0.25, 0.3) is 0 Å². The third-order valence-electron chi connectivity index (χ3n) is 2.90. The fraction of sp³-hybridized carbons (Fsp3) is 0.133. The molecule has 0 spiro atoms. The van der Waals surface area contributed by atoms with Crippen molar-refractivity contribution in [3.63, 3.8) is 0 Å². The fourth-order valence-electron chi connectivity index (χ4n) is 1.82. The smallest absolute Gasteiger partial charge is 0.255 e. The zero-order valence-corrected chi connectivity index (χ0v) is 12.4. The lowest BCUT2D eigenvalue weighted by Crippen LogP contribution is -2.12. The van der Waals surface area contributed by atoms with E-state index in [4.69, 9.17) is 26.8 Å². The molecule has 3 N–H and O–H groups in total. The quantitative estimate of drug-likeness (QED) is 0.851. The first-order chi connectivity index (χ1) is 10.0. The van der Waals surface area contributed by atoms with Gasteiger partial charge in [0.1, 0.15) is 11.5 Å². The van der Waals surface area contributed by atoms with Crippen molar-refractivity contribution in [2.45, 2.75) is 0 Å². The van der Waals surface area contributed by atoms with Crippen molar-refractivity contribution in [2.75, 3.05) is 25.3 Å². The van der Waals surface area contributed by atoms with Crippen LogP contribution in [0.2, 0.25) is 5.02 Å². The van der Waals surface area contributed by atoms with Gasteiger partial charge in [-0.15, -0.1) is 0 Å². The summed E-state index contributed by atoms with van der Waals surface area (Å²) in [7, 11) is 3.05. The average Bonchev–Trinajstić information content (AvgIpc) is 2.47. The number of carbonyl (C=O) groups excluding carboxylic acids is 1. The van der Waals surface area contributed by atoms with E-state index in [0.29, 0.717) is 33.5 Å². The molecule has 0 saturated carbocycles. The second kappa shape index (κ2) is 6.37. The Kier molecular flexibility index (Phi) is 4.55. The Hall–Kier alpha value is -2.40. The molecule has 0 bridgehead atoms. The van der Waals surface area contributed by atoms with E-state index in [2.05, 4.69) is 5.32 Å². The van der Waals surface area contributed by atoms with Gasteiger partial charge in [-0.25, -0.2) is 0 Å². The van der Waals surface area contributed by atoms with E-state index in [9.17, 15) is 4.79 Å². The molecule has 2 rings (SSSR count). The van der Waals surface area contributed by atoms with Crippen LogP contribution in [0.4, 0.5) is 11.4 Å². The molecule has 0 aliphatic carbocycles. The summed E-state index contributed by atoms with van der Waals surface area (Å²) in [5.74, 6) is 0.784. The highest BCUT2D eigenvalue weighted by atomic mass is 35.5. The Morgan fingerprint density at radius 3 is 2.33 bits per heavy atom. The molecule has 2 aromatic carbocycles. The van der Waals surface area contributed by atoms with E-state index in [0.717, 1.165) is 0 Å². The normalized spacial score (nSPS) is 10.0. The predicted octanol–water partition coefficient (Wildman–Crippen LogP) is 3.19. The van der Waals surface area contributed by atoms with Crippen LogP contribution in [0.3, 0.4) is 0 Å². The number of hydrogen-bond acceptors (Lipinski definition) is 4. The van der Waals surface area contributed by atoms with Gasteiger partial charge in [0.15, 0.2) is 0 Å². The zero-order valence-electron chi connectivity index (χ0n) is 11.6. The number of halogens is 1. The average molecular weight is 307 g/mol. The predicted molar refractivity (Wildman–Crippen MR) is 83.4 cm³/mol. The molecule has 2 aromatic rings. The van der Waals surface area contributed by atoms with Crippen LogP contribution in [0.5, 0.6) is 11.5 Å². The second-order valence-electron chi connectivity index (χ2n) is 4.26. The van der Waals surface area contributed by atoms with Crippen LogP contribution in [-0.4, -0.2) is 20.1 Å². The molecular formula is C15H15ClN2O3. The van der Waals surface area contributed by atoms with Gasteiger partial charge in [-0.2, -0.15) is 0 Å². The Bertz CT molecular complexity index is 674. The molecule has 0 aromatic heterocycles. The number of nitrogen functional groups attached to an aromatic ring is 1. The van der Waals surface area contributed by atoms with Gasteiger partial charge in [0, 0.05) is 11.3 Å². The molecule has 1 amide bonds. The summed E-state index contributed by atoms with van der Waals surface area (Å²) in [5.41, 5.74) is 7.24. The van der Waals surface area contributed by atoms with E-state index in [1.54, 1.807) is 36.4 Å². The van der Waals surface area contributed by atoms with E-state index in [-0.39, 0.29) is 5.91 Å². The number of rotatable bonds is 4. The highest BCUT2D eigenvalue weighted by Gasteiger charge is 2.10. The van der Waals surface area contributed by atoms with Gasteiger partial charge < -0.3 is 20.5 Å². The first-order valence-electron chi connectivity index (χ1n) is 6.13. The van der Waals surface area contributed by atoms with Crippen molar-refractivity contribution in [3.05, 3.63) is 47.0 Å². The standard InChI is InChI=1S/C15H15ClN2O3/c1-20-13-5-3-9(7-11(13)16)15(19)18-10-4-6-14(21-2)12(17)8-10/h3-8H,17H2,1-2H3,(H,18,19). The van der Waals surface area contributed by atoms with Crippen LogP contribution >= 0.6 is 11.6 Å². The van der Waals surface area contributed by atoms with Crippen molar-refractivity contribution in [3.8, 4) is 11.5 Å². The molecule has 110 valence electrons. The number of nitrogens with two attached hydrogens (primary N) is 1.